The van der Waals surface area contributed by atoms with Crippen molar-refractivity contribution in [3.8, 4) is 0 Å². The summed E-state index contributed by atoms with van der Waals surface area (Å²) in [6.45, 7) is 9.10. The fraction of sp³-hybridized carbons (Fsp3) is 0.706. The van der Waals surface area contributed by atoms with E-state index in [0.29, 0.717) is 37.4 Å². The summed E-state index contributed by atoms with van der Waals surface area (Å²) in [5.74, 6) is 1.04. The van der Waals surface area contributed by atoms with Gasteiger partial charge in [-0.05, 0) is 97.8 Å². The first-order valence-corrected chi connectivity index (χ1v) is 15.6. The van der Waals surface area contributed by atoms with Crippen molar-refractivity contribution < 1.29 is 24.4 Å². The van der Waals surface area contributed by atoms with Crippen molar-refractivity contribution in [1.29, 1.82) is 0 Å². The number of benzene rings is 1. The van der Waals surface area contributed by atoms with Crippen molar-refractivity contribution in [1.82, 2.24) is 0 Å². The van der Waals surface area contributed by atoms with Gasteiger partial charge in [0.05, 0.1) is 37.1 Å². The molecule has 7 aliphatic rings. The Morgan fingerprint density at radius 3 is 2.38 bits per heavy atom. The monoisotopic (exact) mass is 532 g/mol. The second-order valence-corrected chi connectivity index (χ2v) is 14.2. The Morgan fingerprint density at radius 1 is 0.923 bits per heavy atom. The van der Waals surface area contributed by atoms with Gasteiger partial charge in [0.15, 0.2) is 5.79 Å². The van der Waals surface area contributed by atoms with Gasteiger partial charge in [-0.3, -0.25) is 0 Å². The first-order chi connectivity index (χ1) is 18.8. The van der Waals surface area contributed by atoms with Gasteiger partial charge in [0.25, 0.3) is 0 Å². The average molecular weight is 533 g/mol. The third kappa shape index (κ3) is 3.49. The summed E-state index contributed by atoms with van der Waals surface area (Å²) in [5, 5.41) is 23.0. The number of hydrogen-bond donors (Lipinski definition) is 2. The number of fused-ring (bicyclic) bond motifs is 5. The number of ether oxygens (including phenoxy) is 3. The van der Waals surface area contributed by atoms with E-state index in [0.717, 1.165) is 70.0 Å². The summed E-state index contributed by atoms with van der Waals surface area (Å²) >= 11 is 0. The van der Waals surface area contributed by atoms with Gasteiger partial charge in [-0.2, -0.15) is 0 Å². The van der Waals surface area contributed by atoms with Crippen LogP contribution >= 0.6 is 0 Å². The smallest absolute Gasteiger partial charge is 0.171 e. The van der Waals surface area contributed by atoms with Gasteiger partial charge in [-0.25, -0.2) is 0 Å². The van der Waals surface area contributed by atoms with Crippen LogP contribution in [0.4, 0.5) is 0 Å². The topological polar surface area (TPSA) is 68.2 Å². The van der Waals surface area contributed by atoms with Crippen molar-refractivity contribution in [2.45, 2.75) is 107 Å². The first-order valence-electron chi connectivity index (χ1n) is 15.6. The lowest BCUT2D eigenvalue weighted by Crippen LogP contribution is -2.55. The van der Waals surface area contributed by atoms with E-state index in [-0.39, 0.29) is 23.0 Å². The highest BCUT2D eigenvalue weighted by molar-refractivity contribution is 5.46. The highest BCUT2D eigenvalue weighted by Gasteiger charge is 2.67. The second-order valence-electron chi connectivity index (χ2n) is 14.2. The van der Waals surface area contributed by atoms with E-state index in [2.05, 4.69) is 37.8 Å². The molecule has 1 aromatic rings. The normalized spacial score (nSPS) is 43.6. The molecule has 8 rings (SSSR count). The van der Waals surface area contributed by atoms with Crippen LogP contribution in [0.2, 0.25) is 0 Å². The lowest BCUT2D eigenvalue weighted by Gasteiger charge is -2.58. The number of allylic oxidation sites excluding steroid dienone is 1. The molecule has 1 aromatic carbocycles. The van der Waals surface area contributed by atoms with Crippen LogP contribution in [0.15, 0.2) is 47.6 Å². The Morgan fingerprint density at radius 2 is 1.69 bits per heavy atom. The molecule has 5 aliphatic carbocycles. The zero-order valence-corrected chi connectivity index (χ0v) is 23.4. The lowest BCUT2D eigenvalue weighted by molar-refractivity contribution is -0.208. The predicted octanol–water partition coefficient (Wildman–Crippen LogP) is 6.11. The summed E-state index contributed by atoms with van der Waals surface area (Å²) in [7, 11) is 0. The molecule has 0 aromatic heterocycles. The molecule has 4 saturated carbocycles. The zero-order chi connectivity index (χ0) is 26.6. The Balaban J connectivity index is 1.23. The molecule has 2 aliphatic heterocycles. The van der Waals surface area contributed by atoms with E-state index < -0.39 is 11.4 Å². The number of rotatable bonds is 3. The SMILES string of the molecule is C=C1CCO[C@]12CCC1C3CC[C@@]4(O)CC5(CCC4=C3C(c3ccc(C(O)C4CC4)cc3)C[C@@]12C)OCCO5. The zero-order valence-electron chi connectivity index (χ0n) is 23.4. The van der Waals surface area contributed by atoms with Crippen molar-refractivity contribution in [2.75, 3.05) is 19.8 Å². The van der Waals surface area contributed by atoms with E-state index in [4.69, 9.17) is 14.2 Å². The van der Waals surface area contributed by atoms with E-state index in [9.17, 15) is 10.2 Å². The largest absolute Gasteiger partial charge is 0.388 e. The summed E-state index contributed by atoms with van der Waals surface area (Å²) in [4.78, 5) is 0. The maximum Gasteiger partial charge on any atom is 0.171 e. The Bertz CT molecular complexity index is 1210. The van der Waals surface area contributed by atoms with Crippen molar-refractivity contribution in [3.05, 3.63) is 58.7 Å². The molecule has 39 heavy (non-hydrogen) atoms. The van der Waals surface area contributed by atoms with Crippen molar-refractivity contribution >= 4 is 0 Å². The molecular weight excluding hydrogens is 488 g/mol. The van der Waals surface area contributed by atoms with Crippen LogP contribution in [0.25, 0.3) is 0 Å². The molecule has 4 unspecified atom stereocenters. The summed E-state index contributed by atoms with van der Waals surface area (Å²) in [6, 6.07) is 8.86. The summed E-state index contributed by atoms with van der Waals surface area (Å²) in [6.07, 6.45) is 10.1. The minimum absolute atomic E-state index is 0.0230. The molecule has 2 saturated heterocycles. The third-order valence-corrected chi connectivity index (χ3v) is 12.4. The summed E-state index contributed by atoms with van der Waals surface area (Å²) in [5.41, 5.74) is 5.40. The Kier molecular flexibility index (Phi) is 5.51. The molecule has 5 nitrogen and oxygen atoms in total. The Labute approximate surface area is 232 Å². The predicted molar refractivity (Wildman–Crippen MR) is 148 cm³/mol. The number of hydrogen-bond acceptors (Lipinski definition) is 5. The minimum atomic E-state index is -0.855. The van der Waals surface area contributed by atoms with E-state index in [1.165, 1.54) is 28.7 Å². The Hall–Kier alpha value is -1.50. The summed E-state index contributed by atoms with van der Waals surface area (Å²) < 4.78 is 18.9. The van der Waals surface area contributed by atoms with Crippen LogP contribution in [0, 0.1) is 23.2 Å². The molecule has 0 bridgehead atoms. The number of aliphatic hydroxyl groups is 2. The third-order valence-electron chi connectivity index (χ3n) is 12.4. The van der Waals surface area contributed by atoms with Gasteiger partial charge in [0.2, 0.25) is 0 Å². The molecule has 2 N–H and O–H groups in total. The van der Waals surface area contributed by atoms with Gasteiger partial charge in [0.1, 0.15) is 0 Å². The maximum absolute atomic E-state index is 12.3. The minimum Gasteiger partial charge on any atom is -0.388 e. The van der Waals surface area contributed by atoms with E-state index >= 15 is 0 Å². The van der Waals surface area contributed by atoms with E-state index in [1.54, 1.807) is 0 Å². The molecule has 5 heteroatoms. The highest BCUT2D eigenvalue weighted by Crippen LogP contribution is 2.70. The molecule has 7 atom stereocenters. The van der Waals surface area contributed by atoms with Crippen molar-refractivity contribution in [2.24, 2.45) is 23.2 Å². The molecular formula is C34H44O5. The fourth-order valence-electron chi connectivity index (χ4n) is 10.4. The lowest BCUT2D eigenvalue weighted by atomic mass is 9.49. The molecule has 6 fully saturated rings. The van der Waals surface area contributed by atoms with Gasteiger partial charge in [0, 0.05) is 24.2 Å². The van der Waals surface area contributed by atoms with Crippen LogP contribution in [0.5, 0.6) is 0 Å². The van der Waals surface area contributed by atoms with Gasteiger partial charge in [-0.15, -0.1) is 0 Å². The fourth-order valence-corrected chi connectivity index (χ4v) is 10.4. The van der Waals surface area contributed by atoms with Gasteiger partial charge >= 0.3 is 0 Å². The molecule has 2 heterocycles. The number of aliphatic hydroxyl groups excluding tert-OH is 1. The first kappa shape index (κ1) is 25.2. The second kappa shape index (κ2) is 8.51. The molecule has 2 spiro atoms. The molecule has 0 radical (unpaired) electrons. The van der Waals surface area contributed by atoms with Gasteiger partial charge in [-0.1, -0.05) is 43.3 Å². The van der Waals surface area contributed by atoms with E-state index in [1.807, 2.05) is 0 Å². The van der Waals surface area contributed by atoms with Gasteiger partial charge < -0.3 is 24.4 Å². The van der Waals surface area contributed by atoms with Crippen LogP contribution < -0.4 is 0 Å². The van der Waals surface area contributed by atoms with Crippen LogP contribution in [-0.4, -0.2) is 47.0 Å². The molecule has 210 valence electrons. The van der Waals surface area contributed by atoms with Crippen LogP contribution in [0.3, 0.4) is 0 Å². The van der Waals surface area contributed by atoms with Crippen molar-refractivity contribution in [3.63, 3.8) is 0 Å². The maximum atomic E-state index is 12.3. The average Bonchev–Trinajstić information content (AvgIpc) is 3.47. The van der Waals surface area contributed by atoms with Crippen LogP contribution in [-0.2, 0) is 14.2 Å². The standard InChI is InChI=1S/C34H44O5/c1-21-12-16-39-34(21)15-11-27-25-9-13-32(36)20-33(37-17-18-38-33)14-10-28(32)29(25)26(19-31(27,34)2)22-3-5-23(6-4-22)30(35)24-7-8-24/h3-6,24-27,30,35-36H,1,7-20H2,2H3/t25?,26?,27?,30?,31-,32+,34+/m0/s1. The van der Waals surface area contributed by atoms with Crippen LogP contribution in [0.1, 0.15) is 101 Å². The highest BCUT2D eigenvalue weighted by atomic mass is 16.7. The quantitative estimate of drug-likeness (QED) is 0.460. The molecule has 0 amide bonds.